The van der Waals surface area contributed by atoms with Crippen LogP contribution in [0.3, 0.4) is 0 Å². The molecule has 132 valence electrons. The zero-order valence-electron chi connectivity index (χ0n) is 11.5. The minimum atomic E-state index is -4.86. The summed E-state index contributed by atoms with van der Waals surface area (Å²) in [5.74, 6) is 0. The van der Waals surface area contributed by atoms with Gasteiger partial charge in [0.15, 0.2) is 0 Å². The van der Waals surface area contributed by atoms with Crippen molar-refractivity contribution in [2.75, 3.05) is 13.2 Å². The Balaban J connectivity index is 2.77. The van der Waals surface area contributed by atoms with Crippen LogP contribution in [0.15, 0.2) is 0 Å². The van der Waals surface area contributed by atoms with Crippen molar-refractivity contribution in [3.63, 3.8) is 0 Å². The molecule has 0 bridgehead atoms. The van der Waals surface area contributed by atoms with E-state index in [1.54, 1.807) is 0 Å². The van der Waals surface area contributed by atoms with E-state index < -0.39 is 72.8 Å². The summed E-state index contributed by atoms with van der Waals surface area (Å²) < 4.78 is 34.0. The van der Waals surface area contributed by atoms with Gasteiger partial charge >= 0.3 is 131 Å². The van der Waals surface area contributed by atoms with Crippen LogP contribution >= 0.6 is 0 Å². The third-order valence-electron chi connectivity index (χ3n) is 3.31. The predicted molar refractivity (Wildman–Crippen MR) is 73.7 cm³/mol. The molecule has 22 heavy (non-hydrogen) atoms. The van der Waals surface area contributed by atoms with E-state index in [0.717, 1.165) is 0 Å². The topological polar surface area (TPSA) is 185 Å². The number of hydrogen-bond donors (Lipinski definition) is 7. The van der Waals surface area contributed by atoms with E-state index in [0.29, 0.717) is 0 Å². The molecule has 1 rings (SSSR count). The van der Waals surface area contributed by atoms with Gasteiger partial charge in [-0.05, 0) is 0 Å². The molecule has 7 unspecified atom stereocenters. The van der Waals surface area contributed by atoms with Crippen LogP contribution in [0.1, 0.15) is 0 Å². The van der Waals surface area contributed by atoms with E-state index in [4.69, 9.17) is 14.8 Å². The Kier molecular flexibility index (Phi) is 7.63. The normalized spacial score (nSPS) is 33.6. The van der Waals surface area contributed by atoms with Gasteiger partial charge in [-0.2, -0.15) is 0 Å². The Morgan fingerprint density at radius 2 is 1.77 bits per heavy atom. The zero-order chi connectivity index (χ0) is 17.1. The van der Waals surface area contributed by atoms with Gasteiger partial charge in [-0.25, -0.2) is 0 Å². The van der Waals surface area contributed by atoms with Crippen LogP contribution in [0.4, 0.5) is 0 Å². The summed E-state index contributed by atoms with van der Waals surface area (Å²) in [4.78, 5) is -0.806. The molecule has 0 aliphatic carbocycles. The second kappa shape index (κ2) is 8.31. The van der Waals surface area contributed by atoms with E-state index in [-0.39, 0.29) is 10.6 Å². The van der Waals surface area contributed by atoms with Gasteiger partial charge in [0.25, 0.3) is 0 Å². The molecular weight excluding hydrogens is 391 g/mol. The van der Waals surface area contributed by atoms with E-state index in [1.807, 2.05) is 0 Å². The maximum absolute atomic E-state index is 10.6. The standard InChI is InChI=1S/C10H20O10SSe/c11-1-5(13)10-9(16)7(15)4-22(10)3-6(14)8(2-12)20-21(17,18)19/h5-16H,1-4H2/p+1. The summed E-state index contributed by atoms with van der Waals surface area (Å²) in [6, 6.07) is 0. The molecule has 0 saturated carbocycles. The molecule has 7 atom stereocenters. The van der Waals surface area contributed by atoms with Crippen LogP contribution in [0.5, 0.6) is 0 Å². The van der Waals surface area contributed by atoms with Crippen LogP contribution in [0, 0.1) is 0 Å². The fourth-order valence-corrected chi connectivity index (χ4v) is 9.02. The first-order valence-electron chi connectivity index (χ1n) is 6.36. The summed E-state index contributed by atoms with van der Waals surface area (Å²) in [6.07, 6.45) is -6.73. The zero-order valence-corrected chi connectivity index (χ0v) is 14.0. The van der Waals surface area contributed by atoms with E-state index in [2.05, 4.69) is 4.18 Å². The second-order valence-electron chi connectivity index (χ2n) is 4.96. The third-order valence-corrected chi connectivity index (χ3v) is 9.89. The van der Waals surface area contributed by atoms with Crippen molar-refractivity contribution in [1.29, 1.82) is 0 Å². The molecule has 1 aliphatic heterocycles. The molecule has 1 fully saturated rings. The number of aliphatic hydroxyl groups excluding tert-OH is 6. The van der Waals surface area contributed by atoms with E-state index in [9.17, 15) is 28.8 Å². The molecule has 0 spiro atoms. The monoisotopic (exact) mass is 413 g/mol. The van der Waals surface area contributed by atoms with Gasteiger partial charge in [-0.3, -0.25) is 0 Å². The van der Waals surface area contributed by atoms with Gasteiger partial charge in [-0.15, -0.1) is 0 Å². The van der Waals surface area contributed by atoms with Crippen molar-refractivity contribution in [1.82, 2.24) is 0 Å². The van der Waals surface area contributed by atoms with Gasteiger partial charge < -0.3 is 0 Å². The van der Waals surface area contributed by atoms with Crippen molar-refractivity contribution in [2.45, 2.75) is 46.0 Å². The molecular formula is C10H21O10SSe+. The molecule has 0 aromatic heterocycles. The summed E-state index contributed by atoms with van der Waals surface area (Å²) in [7, 11) is -4.86. The third kappa shape index (κ3) is 5.35. The first-order valence-corrected chi connectivity index (χ1v) is 11.1. The van der Waals surface area contributed by atoms with Crippen LogP contribution in [-0.4, -0.2) is 101 Å². The number of aliphatic hydroxyl groups is 6. The first-order chi connectivity index (χ1) is 10.1. The Morgan fingerprint density at radius 3 is 2.23 bits per heavy atom. The molecule has 1 saturated heterocycles. The van der Waals surface area contributed by atoms with Crippen LogP contribution in [0.25, 0.3) is 0 Å². The van der Waals surface area contributed by atoms with E-state index >= 15 is 0 Å². The van der Waals surface area contributed by atoms with Gasteiger partial charge in [0.05, 0.1) is 0 Å². The number of rotatable bonds is 8. The molecule has 0 aromatic rings. The Labute approximate surface area is 131 Å². The van der Waals surface area contributed by atoms with Crippen molar-refractivity contribution >= 4 is 24.3 Å². The fraction of sp³-hybridized carbons (Fsp3) is 1.00. The SMILES string of the molecule is O=S(=O)(O)OC(CO)C(O)C[Se+]1CC(O)C(O)C1C(O)CO. The molecule has 0 amide bonds. The number of hydrogen-bond acceptors (Lipinski definition) is 9. The summed E-state index contributed by atoms with van der Waals surface area (Å²) >= 11 is -2.05. The molecule has 0 radical (unpaired) electrons. The van der Waals surface area contributed by atoms with Gasteiger partial charge in [-0.1, -0.05) is 0 Å². The quantitative estimate of drug-likeness (QED) is 0.156. The second-order valence-corrected chi connectivity index (χ2v) is 10.8. The molecule has 7 N–H and O–H groups in total. The fourth-order valence-electron chi connectivity index (χ4n) is 2.28. The minimum absolute atomic E-state index is 0.101. The molecule has 0 aromatic carbocycles. The summed E-state index contributed by atoms with van der Waals surface area (Å²) in [5.41, 5.74) is 0. The van der Waals surface area contributed by atoms with Crippen molar-refractivity contribution < 1.29 is 47.8 Å². The first kappa shape index (κ1) is 20.2. The van der Waals surface area contributed by atoms with Gasteiger partial charge in [0.2, 0.25) is 0 Å². The van der Waals surface area contributed by atoms with Crippen LogP contribution < -0.4 is 0 Å². The maximum atomic E-state index is 10.6. The summed E-state index contributed by atoms with van der Waals surface area (Å²) in [6.45, 7) is -1.51. The van der Waals surface area contributed by atoms with Gasteiger partial charge in [0, 0.05) is 0 Å². The summed E-state index contributed by atoms with van der Waals surface area (Å²) in [5, 5.41) is 57.2. The van der Waals surface area contributed by atoms with Gasteiger partial charge in [0.1, 0.15) is 0 Å². The molecule has 1 aliphatic rings. The molecule has 12 heteroatoms. The molecule has 10 nitrogen and oxygen atoms in total. The molecule has 1 heterocycles. The van der Waals surface area contributed by atoms with Crippen molar-refractivity contribution in [3.8, 4) is 0 Å². The van der Waals surface area contributed by atoms with Crippen LogP contribution in [0.2, 0.25) is 15.5 Å². The van der Waals surface area contributed by atoms with Crippen molar-refractivity contribution in [2.24, 2.45) is 0 Å². The average Bonchev–Trinajstić information content (AvgIpc) is 2.69. The Bertz CT molecular complexity index is 445. The predicted octanol–water partition coefficient (Wildman–Crippen LogP) is -3.52. The average molecular weight is 412 g/mol. The van der Waals surface area contributed by atoms with E-state index in [1.165, 1.54) is 0 Å². The Morgan fingerprint density at radius 1 is 1.18 bits per heavy atom. The van der Waals surface area contributed by atoms with Crippen molar-refractivity contribution in [3.05, 3.63) is 0 Å². The Hall–Kier alpha value is 0.149. The van der Waals surface area contributed by atoms with Crippen LogP contribution in [-0.2, 0) is 14.6 Å².